The Morgan fingerprint density at radius 3 is 2.13 bits per heavy atom. The number of halogens is 6. The van der Waals surface area contributed by atoms with Gasteiger partial charge in [-0.15, -0.1) is 0 Å². The number of nitrogens with two attached hydrogens (primary N) is 1. The minimum Gasteiger partial charge on any atom is -0.384 e. The highest BCUT2D eigenvalue weighted by Crippen LogP contribution is 2.50. The molecule has 3 heterocycles. The third kappa shape index (κ3) is 5.81. The smallest absolute Gasteiger partial charge is 0.384 e. The van der Waals surface area contributed by atoms with Crippen LogP contribution in [0.2, 0.25) is 0 Å². The third-order valence-corrected chi connectivity index (χ3v) is 9.07. The fraction of sp³-hybridized carbons (Fsp3) is 0.542. The van der Waals surface area contributed by atoms with Crippen LogP contribution in [0.3, 0.4) is 0 Å². The average Bonchev–Trinajstić information content (AvgIpc) is 2.88. The van der Waals surface area contributed by atoms with Crippen molar-refractivity contribution in [2.75, 3.05) is 43.5 Å². The van der Waals surface area contributed by atoms with Crippen molar-refractivity contribution in [1.82, 2.24) is 9.29 Å². The average molecular weight is 583 g/mol. The molecule has 0 amide bonds. The minimum absolute atomic E-state index is 0.0216. The Morgan fingerprint density at radius 1 is 0.974 bits per heavy atom. The first-order valence-corrected chi connectivity index (χ1v) is 13.6. The second kappa shape index (κ2) is 10.7. The largest absolute Gasteiger partial charge is 0.430 e. The van der Waals surface area contributed by atoms with E-state index in [1.807, 2.05) is 0 Å². The summed E-state index contributed by atoms with van der Waals surface area (Å²) in [6.07, 6.45) is -8.81. The van der Waals surface area contributed by atoms with E-state index >= 15 is 0 Å². The highest BCUT2D eigenvalue weighted by Gasteiger charge is 2.71. The summed E-state index contributed by atoms with van der Waals surface area (Å²) in [6.45, 7) is 1.28. The normalized spacial score (nSPS) is 20.8. The zero-order valence-electron chi connectivity index (χ0n) is 20.6. The highest BCUT2D eigenvalue weighted by atomic mass is 32.2. The Labute approximate surface area is 221 Å². The molecule has 8 nitrogen and oxygen atoms in total. The molecule has 1 atom stereocenters. The first-order valence-electron chi connectivity index (χ1n) is 12.2. The summed E-state index contributed by atoms with van der Waals surface area (Å²) in [7, 11) is -3.94. The van der Waals surface area contributed by atoms with Gasteiger partial charge in [0.1, 0.15) is 10.7 Å². The van der Waals surface area contributed by atoms with Gasteiger partial charge in [0.2, 0.25) is 10.0 Å². The van der Waals surface area contributed by atoms with Crippen LogP contribution >= 0.6 is 0 Å². The van der Waals surface area contributed by atoms with Crippen molar-refractivity contribution in [1.29, 1.82) is 0 Å². The molecule has 0 saturated carbocycles. The van der Waals surface area contributed by atoms with Gasteiger partial charge < -0.3 is 20.5 Å². The predicted octanol–water partition coefficient (Wildman–Crippen LogP) is 3.67. The lowest BCUT2D eigenvalue weighted by atomic mass is 9.90. The molecular weight excluding hydrogens is 554 g/mol. The summed E-state index contributed by atoms with van der Waals surface area (Å²) in [5.74, 6) is 0.342. The molecule has 2 fully saturated rings. The molecule has 2 aliphatic rings. The van der Waals surface area contributed by atoms with E-state index in [9.17, 15) is 39.9 Å². The molecule has 2 aliphatic heterocycles. The van der Waals surface area contributed by atoms with Crippen molar-refractivity contribution in [3.8, 4) is 0 Å². The second-order valence-corrected chi connectivity index (χ2v) is 11.6. The molecule has 39 heavy (non-hydrogen) atoms. The fourth-order valence-electron chi connectivity index (χ4n) is 5.03. The Balaban J connectivity index is 1.63. The molecule has 15 heteroatoms. The van der Waals surface area contributed by atoms with Gasteiger partial charge in [0, 0.05) is 56.3 Å². The number of aliphatic hydroxyl groups is 1. The molecule has 0 aliphatic carbocycles. The van der Waals surface area contributed by atoms with Crippen molar-refractivity contribution >= 4 is 21.5 Å². The van der Waals surface area contributed by atoms with Crippen molar-refractivity contribution in [3.05, 3.63) is 48.2 Å². The number of anilines is 2. The van der Waals surface area contributed by atoms with E-state index in [4.69, 9.17) is 10.5 Å². The zero-order valence-corrected chi connectivity index (χ0v) is 21.4. The van der Waals surface area contributed by atoms with Gasteiger partial charge in [-0.25, -0.2) is 13.4 Å². The molecule has 0 radical (unpaired) electrons. The molecule has 1 aromatic heterocycles. The summed E-state index contributed by atoms with van der Waals surface area (Å²) < 4.78 is 113. The van der Waals surface area contributed by atoms with Crippen LogP contribution < -0.4 is 10.6 Å². The summed E-state index contributed by atoms with van der Waals surface area (Å²) in [5, 5.41) is 9.71. The summed E-state index contributed by atoms with van der Waals surface area (Å²) >= 11 is 0. The number of ether oxygens (including phenoxy) is 1. The van der Waals surface area contributed by atoms with Gasteiger partial charge in [0.15, 0.2) is 0 Å². The number of hydrogen-bond donors (Lipinski definition) is 2. The van der Waals surface area contributed by atoms with Crippen LogP contribution in [-0.4, -0.2) is 74.1 Å². The summed E-state index contributed by atoms with van der Waals surface area (Å²) in [6, 6.07) is 5.67. The molecule has 0 spiro atoms. The summed E-state index contributed by atoms with van der Waals surface area (Å²) in [5.41, 5.74) is -0.506. The maximum Gasteiger partial charge on any atom is 0.430 e. The van der Waals surface area contributed by atoms with E-state index in [1.54, 1.807) is 4.90 Å². The lowest BCUT2D eigenvalue weighted by molar-refractivity contribution is -0.376. The van der Waals surface area contributed by atoms with Crippen LogP contribution in [0.5, 0.6) is 0 Å². The maximum atomic E-state index is 13.3. The van der Waals surface area contributed by atoms with Crippen molar-refractivity contribution in [3.63, 3.8) is 0 Å². The topological polar surface area (TPSA) is 109 Å². The van der Waals surface area contributed by atoms with Gasteiger partial charge in [0.05, 0.1) is 0 Å². The number of sulfonamides is 1. The van der Waals surface area contributed by atoms with Gasteiger partial charge in [-0.3, -0.25) is 0 Å². The first kappa shape index (κ1) is 29.4. The molecule has 2 aromatic rings. The van der Waals surface area contributed by atoms with Crippen LogP contribution in [0.4, 0.5) is 37.8 Å². The third-order valence-electron chi connectivity index (χ3n) is 7.23. The van der Waals surface area contributed by atoms with E-state index < -0.39 is 39.6 Å². The first-order chi connectivity index (χ1) is 18.1. The number of alkyl halides is 6. The number of hydrogen-bond acceptors (Lipinski definition) is 7. The number of nitrogen functional groups attached to an aromatic ring is 1. The standard InChI is InChI=1S/C24H28F6N4O4S/c25-23(26,27)22(35,24(28,29)30)17-1-3-18(4-2-17)34-10-9-33(15-19(34)13-16-7-11-38-12-8-16)39(36,37)20-5-6-21(31)32-14-20/h1-6,14,16,19,35H,7-13,15H2,(H2,31,32)/t19-/m0/s1. The van der Waals surface area contributed by atoms with E-state index in [1.165, 1.54) is 16.4 Å². The minimum atomic E-state index is -5.99. The van der Waals surface area contributed by atoms with Crippen LogP contribution in [-0.2, 0) is 20.4 Å². The van der Waals surface area contributed by atoms with Gasteiger partial charge in [0.25, 0.3) is 5.60 Å². The molecule has 216 valence electrons. The Bertz CT molecular complexity index is 1220. The molecule has 2 saturated heterocycles. The van der Waals surface area contributed by atoms with E-state index in [0.717, 1.165) is 31.2 Å². The number of nitrogens with zero attached hydrogens (tertiary/aromatic N) is 3. The predicted molar refractivity (Wildman–Crippen MR) is 129 cm³/mol. The van der Waals surface area contributed by atoms with Crippen molar-refractivity contribution < 1.29 is 44.6 Å². The van der Waals surface area contributed by atoms with Crippen LogP contribution in [0.25, 0.3) is 0 Å². The van der Waals surface area contributed by atoms with Gasteiger partial charge >= 0.3 is 12.4 Å². The van der Waals surface area contributed by atoms with Crippen LogP contribution in [0, 0.1) is 5.92 Å². The summed E-state index contributed by atoms with van der Waals surface area (Å²) in [4.78, 5) is 5.59. The number of rotatable bonds is 6. The fourth-order valence-corrected chi connectivity index (χ4v) is 6.44. The Morgan fingerprint density at radius 2 is 1.59 bits per heavy atom. The van der Waals surface area contributed by atoms with Crippen molar-refractivity contribution in [2.45, 2.75) is 48.2 Å². The zero-order chi connectivity index (χ0) is 28.6. The SMILES string of the molecule is Nc1ccc(S(=O)(=O)N2CCN(c3ccc(C(O)(C(F)(F)F)C(F)(F)F)cc3)[C@@H](CC3CCOCC3)C2)cn1. The molecule has 3 N–H and O–H groups in total. The molecule has 0 unspecified atom stereocenters. The van der Waals surface area contributed by atoms with E-state index in [-0.39, 0.29) is 36.3 Å². The van der Waals surface area contributed by atoms with Crippen LogP contribution in [0.15, 0.2) is 47.5 Å². The second-order valence-electron chi connectivity index (χ2n) is 9.67. The maximum absolute atomic E-state index is 13.3. The number of piperazine rings is 1. The van der Waals surface area contributed by atoms with Gasteiger partial charge in [-0.1, -0.05) is 12.1 Å². The lowest BCUT2D eigenvalue weighted by Crippen LogP contribution is -2.55. The quantitative estimate of drug-likeness (QED) is 0.501. The highest BCUT2D eigenvalue weighted by molar-refractivity contribution is 7.89. The lowest BCUT2D eigenvalue weighted by Gasteiger charge is -2.44. The molecule has 1 aromatic carbocycles. The number of benzene rings is 1. The number of pyridine rings is 1. The molecule has 4 rings (SSSR count). The molecular formula is C24H28F6N4O4S. The van der Waals surface area contributed by atoms with E-state index in [2.05, 4.69) is 4.98 Å². The van der Waals surface area contributed by atoms with Crippen molar-refractivity contribution in [2.24, 2.45) is 5.92 Å². The van der Waals surface area contributed by atoms with E-state index in [0.29, 0.717) is 37.5 Å². The van der Waals surface area contributed by atoms with Gasteiger partial charge in [-0.05, 0) is 49.4 Å². The Hall–Kier alpha value is -2.62. The van der Waals surface area contributed by atoms with Gasteiger partial charge in [-0.2, -0.15) is 30.6 Å². The molecule has 0 bridgehead atoms. The Kier molecular flexibility index (Phi) is 8.09. The number of aromatic nitrogens is 1. The monoisotopic (exact) mass is 582 g/mol. The van der Waals surface area contributed by atoms with Crippen LogP contribution in [0.1, 0.15) is 24.8 Å².